The lowest BCUT2D eigenvalue weighted by atomic mass is 10.3. The van der Waals surface area contributed by atoms with E-state index in [-0.39, 0.29) is 0 Å². The van der Waals surface area contributed by atoms with Crippen LogP contribution in [0.2, 0.25) is 0 Å². The number of anilines is 1. The highest BCUT2D eigenvalue weighted by molar-refractivity contribution is 7.13. The average Bonchev–Trinajstić information content (AvgIpc) is 2.71. The first kappa shape index (κ1) is 8.94. The Morgan fingerprint density at radius 3 is 3.15 bits per heavy atom. The van der Waals surface area contributed by atoms with Gasteiger partial charge in [0.25, 0.3) is 0 Å². The molecule has 1 aliphatic heterocycles. The fourth-order valence-electron chi connectivity index (χ4n) is 1.50. The highest BCUT2D eigenvalue weighted by Gasteiger charge is 2.23. The first-order valence-corrected chi connectivity index (χ1v) is 5.51. The number of alkyl halides is 1. The Bertz CT molecular complexity index is 287. The smallest absolute Gasteiger partial charge is 0.185 e. The first-order chi connectivity index (χ1) is 6.29. The highest BCUT2D eigenvalue weighted by Crippen LogP contribution is 2.25. The summed E-state index contributed by atoms with van der Waals surface area (Å²) in [5.41, 5.74) is 1.11. The molecular formula is C9H13FN2S. The Morgan fingerprint density at radius 2 is 2.62 bits per heavy atom. The lowest BCUT2D eigenvalue weighted by molar-refractivity contribution is 0.364. The molecule has 1 aliphatic rings. The predicted octanol–water partition coefficient (Wildman–Crippen LogP) is 2.25. The van der Waals surface area contributed by atoms with Crippen LogP contribution in [0.15, 0.2) is 5.38 Å². The normalized spacial score (nSPS) is 22.6. The van der Waals surface area contributed by atoms with E-state index in [1.807, 2.05) is 4.90 Å². The summed E-state index contributed by atoms with van der Waals surface area (Å²) in [6, 6.07) is 0. The van der Waals surface area contributed by atoms with Crippen LogP contribution in [0.4, 0.5) is 9.52 Å². The van der Waals surface area contributed by atoms with Gasteiger partial charge in [-0.3, -0.25) is 0 Å². The molecule has 0 unspecified atom stereocenters. The van der Waals surface area contributed by atoms with E-state index in [2.05, 4.69) is 17.3 Å². The quantitative estimate of drug-likeness (QED) is 0.728. The molecule has 1 atom stereocenters. The molecule has 0 radical (unpaired) electrons. The maximum atomic E-state index is 12.9. The molecule has 1 aromatic heterocycles. The molecule has 4 heteroatoms. The highest BCUT2D eigenvalue weighted by atomic mass is 32.1. The molecule has 1 saturated heterocycles. The van der Waals surface area contributed by atoms with Gasteiger partial charge in [-0.25, -0.2) is 9.37 Å². The average molecular weight is 200 g/mol. The van der Waals surface area contributed by atoms with Crippen molar-refractivity contribution in [1.82, 2.24) is 4.98 Å². The van der Waals surface area contributed by atoms with E-state index < -0.39 is 6.17 Å². The van der Waals surface area contributed by atoms with E-state index in [0.717, 1.165) is 23.8 Å². The van der Waals surface area contributed by atoms with Crippen molar-refractivity contribution in [1.29, 1.82) is 0 Å². The van der Waals surface area contributed by atoms with E-state index in [1.54, 1.807) is 11.3 Å². The number of nitrogens with zero attached hydrogens (tertiary/aromatic N) is 2. The minimum atomic E-state index is -0.658. The number of aryl methyl sites for hydroxylation is 1. The Balaban J connectivity index is 2.08. The van der Waals surface area contributed by atoms with Gasteiger partial charge in [-0.05, 0) is 12.8 Å². The van der Waals surface area contributed by atoms with Crippen LogP contribution in [0.1, 0.15) is 19.0 Å². The lowest BCUT2D eigenvalue weighted by Gasteiger charge is -2.12. The molecule has 1 fully saturated rings. The molecule has 2 rings (SSSR count). The SMILES string of the molecule is CCc1csc(N2CC[C@H](F)C2)n1. The molecule has 0 bridgehead atoms. The molecule has 0 N–H and O–H groups in total. The Kier molecular flexibility index (Phi) is 2.49. The molecule has 13 heavy (non-hydrogen) atoms. The van der Waals surface area contributed by atoms with Crippen molar-refractivity contribution in [3.63, 3.8) is 0 Å². The number of thiazole rings is 1. The number of hydrogen-bond donors (Lipinski definition) is 0. The van der Waals surface area contributed by atoms with E-state index in [9.17, 15) is 4.39 Å². The van der Waals surface area contributed by atoms with E-state index in [0.29, 0.717) is 13.0 Å². The van der Waals surface area contributed by atoms with Crippen LogP contribution in [0, 0.1) is 0 Å². The molecule has 0 spiro atoms. The molecule has 0 saturated carbocycles. The van der Waals surface area contributed by atoms with Gasteiger partial charge < -0.3 is 4.90 Å². The van der Waals surface area contributed by atoms with Crippen LogP contribution in [-0.2, 0) is 6.42 Å². The topological polar surface area (TPSA) is 16.1 Å². The van der Waals surface area contributed by atoms with Gasteiger partial charge in [0.1, 0.15) is 6.17 Å². The summed E-state index contributed by atoms with van der Waals surface area (Å²) in [5, 5.41) is 3.04. The predicted molar refractivity (Wildman–Crippen MR) is 53.2 cm³/mol. The minimum Gasteiger partial charge on any atom is -0.345 e. The van der Waals surface area contributed by atoms with Gasteiger partial charge >= 0.3 is 0 Å². The molecular weight excluding hydrogens is 187 g/mol. The van der Waals surface area contributed by atoms with Gasteiger partial charge in [-0.15, -0.1) is 11.3 Å². The van der Waals surface area contributed by atoms with Gasteiger partial charge in [0, 0.05) is 11.9 Å². The largest absolute Gasteiger partial charge is 0.345 e. The van der Waals surface area contributed by atoms with Crippen molar-refractivity contribution >= 4 is 16.5 Å². The van der Waals surface area contributed by atoms with Gasteiger partial charge in [0.2, 0.25) is 0 Å². The Hall–Kier alpha value is -0.640. The molecule has 0 aliphatic carbocycles. The third-order valence-corrected chi connectivity index (χ3v) is 3.25. The summed E-state index contributed by atoms with van der Waals surface area (Å²) >= 11 is 1.62. The lowest BCUT2D eigenvalue weighted by Crippen LogP contribution is -2.19. The van der Waals surface area contributed by atoms with E-state index in [1.165, 1.54) is 0 Å². The van der Waals surface area contributed by atoms with Crippen molar-refractivity contribution in [2.75, 3.05) is 18.0 Å². The molecule has 0 aromatic carbocycles. The van der Waals surface area contributed by atoms with Gasteiger partial charge in [0.15, 0.2) is 5.13 Å². The molecule has 1 aromatic rings. The van der Waals surface area contributed by atoms with E-state index in [4.69, 9.17) is 0 Å². The van der Waals surface area contributed by atoms with Gasteiger partial charge in [0.05, 0.1) is 12.2 Å². The van der Waals surface area contributed by atoms with Crippen LogP contribution in [0.3, 0.4) is 0 Å². The van der Waals surface area contributed by atoms with Gasteiger partial charge in [-0.1, -0.05) is 6.92 Å². The monoisotopic (exact) mass is 200 g/mol. The Labute approximate surface area is 81.4 Å². The molecule has 2 nitrogen and oxygen atoms in total. The summed E-state index contributed by atoms with van der Waals surface area (Å²) in [4.78, 5) is 6.46. The zero-order chi connectivity index (χ0) is 9.26. The molecule has 72 valence electrons. The van der Waals surface area contributed by atoms with Crippen molar-refractivity contribution in [2.24, 2.45) is 0 Å². The second-order valence-electron chi connectivity index (χ2n) is 3.31. The minimum absolute atomic E-state index is 0.524. The van der Waals surface area contributed by atoms with Gasteiger partial charge in [-0.2, -0.15) is 0 Å². The van der Waals surface area contributed by atoms with E-state index >= 15 is 0 Å². The number of hydrogen-bond acceptors (Lipinski definition) is 3. The van der Waals surface area contributed by atoms with Crippen LogP contribution in [-0.4, -0.2) is 24.2 Å². The van der Waals surface area contributed by atoms with Crippen LogP contribution in [0.5, 0.6) is 0 Å². The second kappa shape index (κ2) is 3.62. The zero-order valence-corrected chi connectivity index (χ0v) is 8.48. The summed E-state index contributed by atoms with van der Waals surface area (Å²) in [6.45, 7) is 3.43. The standard InChI is InChI=1S/C9H13FN2S/c1-2-8-6-13-9(11-8)12-4-3-7(10)5-12/h6-7H,2-5H2,1H3/t7-/m0/s1. The number of rotatable bonds is 2. The summed E-state index contributed by atoms with van der Waals surface area (Å²) in [6.07, 6.45) is 0.957. The Morgan fingerprint density at radius 1 is 1.77 bits per heavy atom. The second-order valence-corrected chi connectivity index (χ2v) is 4.14. The van der Waals surface area contributed by atoms with Crippen LogP contribution in [0.25, 0.3) is 0 Å². The summed E-state index contributed by atoms with van der Waals surface area (Å²) in [7, 11) is 0. The number of aromatic nitrogens is 1. The summed E-state index contributed by atoms with van der Waals surface area (Å²) < 4.78 is 12.9. The van der Waals surface area contributed by atoms with Crippen LogP contribution < -0.4 is 4.90 Å². The third kappa shape index (κ3) is 1.82. The maximum absolute atomic E-state index is 12.9. The first-order valence-electron chi connectivity index (χ1n) is 4.63. The van der Waals surface area contributed by atoms with Crippen molar-refractivity contribution < 1.29 is 4.39 Å². The van der Waals surface area contributed by atoms with Crippen molar-refractivity contribution in [3.05, 3.63) is 11.1 Å². The zero-order valence-electron chi connectivity index (χ0n) is 7.66. The van der Waals surface area contributed by atoms with Crippen molar-refractivity contribution in [3.8, 4) is 0 Å². The number of halogens is 1. The summed E-state index contributed by atoms with van der Waals surface area (Å²) in [5.74, 6) is 0. The van der Waals surface area contributed by atoms with Crippen LogP contribution >= 0.6 is 11.3 Å². The third-order valence-electron chi connectivity index (χ3n) is 2.30. The fourth-order valence-corrected chi connectivity index (χ4v) is 2.44. The van der Waals surface area contributed by atoms with Crippen molar-refractivity contribution in [2.45, 2.75) is 25.9 Å². The maximum Gasteiger partial charge on any atom is 0.185 e. The molecule has 2 heterocycles. The molecule has 0 amide bonds. The fraction of sp³-hybridized carbons (Fsp3) is 0.667.